The van der Waals surface area contributed by atoms with Gasteiger partial charge in [-0.25, -0.2) is 0 Å². The van der Waals surface area contributed by atoms with Crippen LogP contribution in [-0.2, 0) is 11.2 Å². The first-order chi connectivity index (χ1) is 11.6. The Morgan fingerprint density at radius 2 is 1.75 bits per heavy atom. The molecule has 0 aliphatic carbocycles. The lowest BCUT2D eigenvalue weighted by Crippen LogP contribution is -2.14. The van der Waals surface area contributed by atoms with E-state index < -0.39 is 0 Å². The van der Waals surface area contributed by atoms with Crippen molar-refractivity contribution in [2.45, 2.75) is 27.2 Å². The van der Waals surface area contributed by atoms with Crippen molar-refractivity contribution in [3.63, 3.8) is 0 Å². The number of halogens is 1. The predicted octanol–water partition coefficient (Wildman–Crippen LogP) is 5.40. The zero-order valence-electron chi connectivity index (χ0n) is 14.1. The Morgan fingerprint density at radius 3 is 2.46 bits per heavy atom. The Bertz CT molecular complexity index is 829. The van der Waals surface area contributed by atoms with Crippen LogP contribution in [0.3, 0.4) is 0 Å². The Morgan fingerprint density at radius 1 is 1.04 bits per heavy atom. The molecule has 0 aliphatic heterocycles. The van der Waals surface area contributed by atoms with E-state index in [1.807, 2.05) is 63.2 Å². The number of anilines is 1. The maximum Gasteiger partial charge on any atom is 0.228 e. The second-order valence-corrected chi connectivity index (χ2v) is 5.62. The molecule has 0 aliphatic rings. The van der Waals surface area contributed by atoms with E-state index in [1.165, 1.54) is 0 Å². The van der Waals surface area contributed by atoms with Crippen LogP contribution in [0.25, 0.3) is 10.9 Å². The minimum atomic E-state index is -0.0712. The normalized spacial score (nSPS) is 10.0. The summed E-state index contributed by atoms with van der Waals surface area (Å²) in [4.78, 5) is 16.7. The highest BCUT2D eigenvalue weighted by molar-refractivity contribution is 6.30. The van der Waals surface area contributed by atoms with Crippen molar-refractivity contribution >= 4 is 34.1 Å². The average molecular weight is 341 g/mol. The van der Waals surface area contributed by atoms with Crippen LogP contribution in [0.2, 0.25) is 5.02 Å². The minimum Gasteiger partial charge on any atom is -0.324 e. The Hall–Kier alpha value is -2.39. The topological polar surface area (TPSA) is 42.0 Å². The molecule has 24 heavy (non-hydrogen) atoms. The van der Waals surface area contributed by atoms with Crippen LogP contribution in [0, 0.1) is 6.92 Å². The summed E-state index contributed by atoms with van der Waals surface area (Å²) in [5.74, 6) is -0.0712. The summed E-state index contributed by atoms with van der Waals surface area (Å²) in [5, 5.41) is 4.61. The molecule has 0 fully saturated rings. The van der Waals surface area contributed by atoms with Crippen LogP contribution >= 0.6 is 11.6 Å². The molecule has 3 nitrogen and oxygen atoms in total. The summed E-state index contributed by atoms with van der Waals surface area (Å²) >= 11 is 5.85. The van der Waals surface area contributed by atoms with E-state index in [-0.39, 0.29) is 5.91 Å². The molecule has 0 radical (unpaired) electrons. The lowest BCUT2D eigenvalue weighted by molar-refractivity contribution is -0.115. The maximum absolute atomic E-state index is 12.2. The number of carbonyl (C=O) groups excluding carboxylic acids is 1. The third-order valence-electron chi connectivity index (χ3n) is 3.41. The molecule has 0 unspecified atom stereocenters. The standard InChI is InChI=1S/C18H15ClN2O.C2H6/c1-12-5-8-14-3-2-4-16(18(14)20-12)21-17(22)11-13-6-9-15(19)10-7-13;1-2/h2-10H,11H2,1H3,(H,21,22);1-2H3. The van der Waals surface area contributed by atoms with Gasteiger partial charge in [-0.1, -0.05) is 55.8 Å². The van der Waals surface area contributed by atoms with Crippen molar-refractivity contribution < 1.29 is 4.79 Å². The van der Waals surface area contributed by atoms with Crippen LogP contribution in [0.5, 0.6) is 0 Å². The number of para-hydroxylation sites is 1. The average Bonchev–Trinajstić information content (AvgIpc) is 2.59. The van der Waals surface area contributed by atoms with Gasteiger partial charge in [0.05, 0.1) is 17.6 Å². The first-order valence-electron chi connectivity index (χ1n) is 8.02. The molecular formula is C20H21ClN2O. The van der Waals surface area contributed by atoms with Crippen molar-refractivity contribution in [1.82, 2.24) is 4.98 Å². The summed E-state index contributed by atoms with van der Waals surface area (Å²) in [7, 11) is 0. The van der Waals surface area contributed by atoms with Crippen LogP contribution < -0.4 is 5.32 Å². The maximum atomic E-state index is 12.2. The van der Waals surface area contributed by atoms with Gasteiger partial charge in [-0.15, -0.1) is 0 Å². The molecular weight excluding hydrogens is 320 g/mol. The first kappa shape index (κ1) is 18.0. The fourth-order valence-electron chi connectivity index (χ4n) is 2.33. The third kappa shape index (κ3) is 4.56. The van der Waals surface area contributed by atoms with Gasteiger partial charge >= 0.3 is 0 Å². The fourth-order valence-corrected chi connectivity index (χ4v) is 2.45. The van der Waals surface area contributed by atoms with Gasteiger partial charge in [-0.2, -0.15) is 0 Å². The highest BCUT2D eigenvalue weighted by Crippen LogP contribution is 2.22. The van der Waals surface area contributed by atoms with E-state index in [1.54, 1.807) is 12.1 Å². The Kier molecular flexibility index (Phi) is 6.33. The molecule has 4 heteroatoms. The summed E-state index contributed by atoms with van der Waals surface area (Å²) in [6, 6.07) is 17.0. The van der Waals surface area contributed by atoms with Gasteiger partial charge in [0.15, 0.2) is 0 Å². The van der Waals surface area contributed by atoms with E-state index in [2.05, 4.69) is 10.3 Å². The molecule has 0 spiro atoms. The highest BCUT2D eigenvalue weighted by Gasteiger charge is 2.08. The number of nitrogens with zero attached hydrogens (tertiary/aromatic N) is 1. The molecule has 3 rings (SSSR count). The predicted molar refractivity (Wildman–Crippen MR) is 102 cm³/mol. The second kappa shape index (κ2) is 8.46. The SMILES string of the molecule is CC.Cc1ccc2cccc(NC(=O)Cc3ccc(Cl)cc3)c2n1. The van der Waals surface area contributed by atoms with Gasteiger partial charge in [0.2, 0.25) is 5.91 Å². The van der Waals surface area contributed by atoms with Gasteiger partial charge in [0.25, 0.3) is 0 Å². The van der Waals surface area contributed by atoms with Crippen LogP contribution in [0.4, 0.5) is 5.69 Å². The highest BCUT2D eigenvalue weighted by atomic mass is 35.5. The summed E-state index contributed by atoms with van der Waals surface area (Å²) in [5.41, 5.74) is 3.39. The second-order valence-electron chi connectivity index (χ2n) is 5.18. The number of fused-ring (bicyclic) bond motifs is 1. The Balaban J connectivity index is 0.00000100. The molecule has 2 aromatic carbocycles. The smallest absolute Gasteiger partial charge is 0.228 e. The van der Waals surface area contributed by atoms with E-state index in [0.29, 0.717) is 11.4 Å². The number of nitrogens with one attached hydrogen (secondary N) is 1. The third-order valence-corrected chi connectivity index (χ3v) is 3.66. The van der Waals surface area contributed by atoms with E-state index >= 15 is 0 Å². The van der Waals surface area contributed by atoms with Gasteiger partial charge in [-0.05, 0) is 36.8 Å². The van der Waals surface area contributed by atoms with Crippen molar-refractivity contribution in [3.8, 4) is 0 Å². The molecule has 0 atom stereocenters. The number of aryl methyl sites for hydroxylation is 1. The lowest BCUT2D eigenvalue weighted by Gasteiger charge is -2.09. The van der Waals surface area contributed by atoms with Crippen molar-refractivity contribution in [1.29, 1.82) is 0 Å². The monoisotopic (exact) mass is 340 g/mol. The summed E-state index contributed by atoms with van der Waals surface area (Å²) < 4.78 is 0. The summed E-state index contributed by atoms with van der Waals surface area (Å²) in [6.45, 7) is 5.94. The van der Waals surface area contributed by atoms with Gasteiger partial charge < -0.3 is 5.32 Å². The molecule has 1 N–H and O–H groups in total. The molecule has 3 aromatic rings. The zero-order valence-corrected chi connectivity index (χ0v) is 14.9. The lowest BCUT2D eigenvalue weighted by atomic mass is 10.1. The summed E-state index contributed by atoms with van der Waals surface area (Å²) in [6.07, 6.45) is 0.305. The number of carbonyl (C=O) groups is 1. The van der Waals surface area contributed by atoms with E-state index in [9.17, 15) is 4.79 Å². The van der Waals surface area contributed by atoms with Crippen molar-refractivity contribution in [2.24, 2.45) is 0 Å². The van der Waals surface area contributed by atoms with Crippen molar-refractivity contribution in [2.75, 3.05) is 5.32 Å². The van der Waals surface area contributed by atoms with Crippen LogP contribution in [0.15, 0.2) is 54.6 Å². The first-order valence-corrected chi connectivity index (χ1v) is 8.40. The van der Waals surface area contributed by atoms with Crippen LogP contribution in [-0.4, -0.2) is 10.9 Å². The Labute approximate surface area is 147 Å². The minimum absolute atomic E-state index is 0.0712. The number of amides is 1. The number of benzene rings is 2. The molecule has 124 valence electrons. The molecule has 1 heterocycles. The number of aromatic nitrogens is 1. The molecule has 0 saturated carbocycles. The molecule has 0 saturated heterocycles. The number of hydrogen-bond donors (Lipinski definition) is 1. The molecule has 1 aromatic heterocycles. The molecule has 0 bridgehead atoms. The number of pyridine rings is 1. The number of rotatable bonds is 3. The fraction of sp³-hybridized carbons (Fsp3) is 0.200. The largest absolute Gasteiger partial charge is 0.324 e. The number of hydrogen-bond acceptors (Lipinski definition) is 2. The van der Waals surface area contributed by atoms with Crippen molar-refractivity contribution in [3.05, 3.63) is 70.9 Å². The van der Waals surface area contributed by atoms with Crippen LogP contribution in [0.1, 0.15) is 25.1 Å². The van der Waals surface area contributed by atoms with E-state index in [0.717, 1.165) is 27.8 Å². The zero-order chi connectivity index (χ0) is 17.5. The van der Waals surface area contributed by atoms with Gasteiger partial charge in [0.1, 0.15) is 0 Å². The van der Waals surface area contributed by atoms with Gasteiger partial charge in [0, 0.05) is 16.1 Å². The quantitative estimate of drug-likeness (QED) is 0.693. The molecule has 1 amide bonds. The van der Waals surface area contributed by atoms with E-state index in [4.69, 9.17) is 11.6 Å². The van der Waals surface area contributed by atoms with Gasteiger partial charge in [-0.3, -0.25) is 9.78 Å².